The highest BCUT2D eigenvalue weighted by Gasteiger charge is 2.20. The predicted octanol–water partition coefficient (Wildman–Crippen LogP) is 1.59. The summed E-state index contributed by atoms with van der Waals surface area (Å²) < 4.78 is 0. The zero-order valence-corrected chi connectivity index (χ0v) is 10.5. The van der Waals surface area contributed by atoms with Crippen LogP contribution in [0.5, 0.6) is 0 Å². The molecule has 0 saturated carbocycles. The van der Waals surface area contributed by atoms with Gasteiger partial charge in [-0.2, -0.15) is 23.5 Å². The summed E-state index contributed by atoms with van der Waals surface area (Å²) in [7, 11) is 0. The Kier molecular flexibility index (Phi) is 7.12. The fourth-order valence-corrected chi connectivity index (χ4v) is 3.55. The summed E-state index contributed by atoms with van der Waals surface area (Å²) >= 11 is 4.01. The van der Waals surface area contributed by atoms with Gasteiger partial charge in [0.05, 0.1) is 0 Å². The quantitative estimate of drug-likeness (QED) is 0.656. The molecule has 14 heavy (non-hydrogen) atoms. The normalized spacial score (nSPS) is 27.0. The molecule has 0 aromatic carbocycles. The highest BCUT2D eigenvalue weighted by molar-refractivity contribution is 8.00. The third kappa shape index (κ3) is 5.49. The molecule has 1 aliphatic heterocycles. The third-order valence-electron chi connectivity index (χ3n) is 2.32. The van der Waals surface area contributed by atoms with Crippen LogP contribution in [0.25, 0.3) is 0 Å². The molecular weight excluding hydrogens is 214 g/mol. The maximum atomic E-state index is 8.59. The van der Waals surface area contributed by atoms with Gasteiger partial charge in [0, 0.05) is 35.9 Å². The average Bonchev–Trinajstić information content (AvgIpc) is 2.58. The molecule has 4 heteroatoms. The summed E-state index contributed by atoms with van der Waals surface area (Å²) in [5.41, 5.74) is 0. The molecule has 0 aromatic rings. The van der Waals surface area contributed by atoms with Crippen LogP contribution in [-0.2, 0) is 0 Å². The molecule has 1 rings (SSSR count). The number of hydrogen-bond acceptors (Lipinski definition) is 4. The van der Waals surface area contributed by atoms with Crippen LogP contribution >= 0.6 is 23.5 Å². The number of nitrogens with one attached hydrogen (secondary N) is 1. The van der Waals surface area contributed by atoms with Crippen LogP contribution in [0.15, 0.2) is 0 Å². The molecule has 2 unspecified atom stereocenters. The van der Waals surface area contributed by atoms with E-state index < -0.39 is 0 Å². The summed E-state index contributed by atoms with van der Waals surface area (Å²) in [4.78, 5) is 0. The lowest BCUT2D eigenvalue weighted by Crippen LogP contribution is -2.31. The summed E-state index contributed by atoms with van der Waals surface area (Å²) in [6.07, 6.45) is 2.26. The van der Waals surface area contributed by atoms with Gasteiger partial charge in [0.2, 0.25) is 0 Å². The van der Waals surface area contributed by atoms with E-state index in [1.54, 1.807) is 0 Å². The lowest BCUT2D eigenvalue weighted by atomic mass is 10.2. The van der Waals surface area contributed by atoms with E-state index in [2.05, 4.69) is 24.0 Å². The van der Waals surface area contributed by atoms with Gasteiger partial charge in [-0.15, -0.1) is 0 Å². The van der Waals surface area contributed by atoms with Crippen LogP contribution in [0, 0.1) is 0 Å². The molecule has 0 spiro atoms. The van der Waals surface area contributed by atoms with E-state index in [-0.39, 0.29) is 0 Å². The zero-order chi connectivity index (χ0) is 10.2. The van der Waals surface area contributed by atoms with Crippen molar-refractivity contribution in [3.05, 3.63) is 0 Å². The van der Waals surface area contributed by atoms with Crippen LogP contribution in [-0.4, -0.2) is 46.8 Å². The zero-order valence-electron chi connectivity index (χ0n) is 8.87. The second-order valence-corrected chi connectivity index (χ2v) is 6.42. The largest absolute Gasteiger partial charge is 0.396 e. The first kappa shape index (κ1) is 12.7. The third-order valence-corrected chi connectivity index (χ3v) is 4.75. The van der Waals surface area contributed by atoms with E-state index in [1.807, 2.05) is 11.8 Å². The monoisotopic (exact) mass is 235 g/mol. The summed E-state index contributed by atoms with van der Waals surface area (Å²) in [6, 6.07) is 0.744. The van der Waals surface area contributed by atoms with Gasteiger partial charge in [-0.1, -0.05) is 6.92 Å². The molecular formula is C10H21NOS2. The van der Waals surface area contributed by atoms with Gasteiger partial charge in [0.15, 0.2) is 0 Å². The summed E-state index contributed by atoms with van der Waals surface area (Å²) in [5, 5.41) is 13.0. The summed E-state index contributed by atoms with van der Waals surface area (Å²) in [6.45, 7) is 3.76. The Balaban J connectivity index is 1.84. The van der Waals surface area contributed by atoms with Crippen molar-refractivity contribution >= 4 is 23.5 Å². The maximum Gasteiger partial charge on any atom is 0.0438 e. The van der Waals surface area contributed by atoms with Gasteiger partial charge in [-0.25, -0.2) is 0 Å². The molecule has 2 nitrogen and oxygen atoms in total. The van der Waals surface area contributed by atoms with Crippen LogP contribution in [0.4, 0.5) is 0 Å². The average molecular weight is 235 g/mol. The van der Waals surface area contributed by atoms with Gasteiger partial charge in [0.1, 0.15) is 0 Å². The number of thioether (sulfide) groups is 2. The van der Waals surface area contributed by atoms with Gasteiger partial charge in [0.25, 0.3) is 0 Å². The van der Waals surface area contributed by atoms with Crippen molar-refractivity contribution in [1.29, 1.82) is 0 Å². The van der Waals surface area contributed by atoms with Gasteiger partial charge >= 0.3 is 0 Å². The fraction of sp³-hybridized carbons (Fsp3) is 1.00. The van der Waals surface area contributed by atoms with E-state index in [1.165, 1.54) is 17.9 Å². The minimum Gasteiger partial charge on any atom is -0.396 e. The molecule has 84 valence electrons. The van der Waals surface area contributed by atoms with Gasteiger partial charge in [-0.3, -0.25) is 0 Å². The van der Waals surface area contributed by atoms with E-state index >= 15 is 0 Å². The van der Waals surface area contributed by atoms with Crippen LogP contribution in [0.1, 0.15) is 19.8 Å². The van der Waals surface area contributed by atoms with E-state index in [0.717, 1.165) is 30.0 Å². The SMILES string of the molecule is CC1CC(NCCSCCCO)CS1. The molecule has 1 heterocycles. The Morgan fingerprint density at radius 1 is 1.50 bits per heavy atom. The Hall–Kier alpha value is 0.620. The molecule has 0 aliphatic carbocycles. The minimum absolute atomic E-state index is 0.331. The molecule has 0 amide bonds. The van der Waals surface area contributed by atoms with Crippen molar-refractivity contribution in [3.63, 3.8) is 0 Å². The first-order valence-corrected chi connectivity index (χ1v) is 7.57. The highest BCUT2D eigenvalue weighted by Crippen LogP contribution is 2.25. The van der Waals surface area contributed by atoms with E-state index in [0.29, 0.717) is 6.61 Å². The van der Waals surface area contributed by atoms with Crippen LogP contribution < -0.4 is 5.32 Å². The van der Waals surface area contributed by atoms with E-state index in [4.69, 9.17) is 5.11 Å². The van der Waals surface area contributed by atoms with Gasteiger partial charge in [-0.05, 0) is 18.6 Å². The number of aliphatic hydroxyl groups excluding tert-OH is 1. The Morgan fingerprint density at radius 2 is 2.36 bits per heavy atom. The van der Waals surface area contributed by atoms with Crippen molar-refractivity contribution < 1.29 is 5.11 Å². The lowest BCUT2D eigenvalue weighted by Gasteiger charge is -2.10. The van der Waals surface area contributed by atoms with Crippen molar-refractivity contribution in [2.45, 2.75) is 31.1 Å². The Labute approximate surface area is 95.6 Å². The van der Waals surface area contributed by atoms with Crippen molar-refractivity contribution in [2.75, 3.05) is 30.4 Å². The standard InChI is InChI=1S/C10H21NOS2/c1-9-7-10(8-14-9)11-3-6-13-5-2-4-12/h9-12H,2-8H2,1H3. The van der Waals surface area contributed by atoms with Crippen LogP contribution in [0.3, 0.4) is 0 Å². The smallest absolute Gasteiger partial charge is 0.0438 e. The first-order chi connectivity index (χ1) is 6.83. The van der Waals surface area contributed by atoms with E-state index in [9.17, 15) is 0 Å². The maximum absolute atomic E-state index is 8.59. The molecule has 2 N–H and O–H groups in total. The fourth-order valence-electron chi connectivity index (χ4n) is 1.56. The number of rotatable bonds is 7. The van der Waals surface area contributed by atoms with Crippen molar-refractivity contribution in [3.8, 4) is 0 Å². The summed E-state index contributed by atoms with van der Waals surface area (Å²) in [5.74, 6) is 3.55. The topological polar surface area (TPSA) is 32.3 Å². The van der Waals surface area contributed by atoms with Crippen LogP contribution in [0.2, 0.25) is 0 Å². The Morgan fingerprint density at radius 3 is 3.00 bits per heavy atom. The highest BCUT2D eigenvalue weighted by atomic mass is 32.2. The second-order valence-electron chi connectivity index (χ2n) is 3.72. The molecule has 0 radical (unpaired) electrons. The second kappa shape index (κ2) is 7.85. The molecule has 0 aromatic heterocycles. The number of hydrogen-bond donors (Lipinski definition) is 2. The Bertz CT molecular complexity index is 146. The molecule has 0 bridgehead atoms. The van der Waals surface area contributed by atoms with Crippen molar-refractivity contribution in [2.24, 2.45) is 0 Å². The first-order valence-electron chi connectivity index (χ1n) is 5.36. The lowest BCUT2D eigenvalue weighted by molar-refractivity contribution is 0.296. The molecule has 1 fully saturated rings. The molecule has 2 atom stereocenters. The van der Waals surface area contributed by atoms with Crippen molar-refractivity contribution in [1.82, 2.24) is 5.32 Å². The number of aliphatic hydroxyl groups is 1. The predicted molar refractivity (Wildman–Crippen MR) is 67.4 cm³/mol. The van der Waals surface area contributed by atoms with Gasteiger partial charge < -0.3 is 10.4 Å². The molecule has 1 saturated heterocycles. The molecule has 1 aliphatic rings. The minimum atomic E-state index is 0.331.